The number of allylic oxidation sites excluding steroid dienone is 10. The molecule has 0 heterocycles. The molecular weight excluding hydrogens is 1010 g/mol. The van der Waals surface area contributed by atoms with Gasteiger partial charge in [0.05, 0.1) is 0 Å². The predicted octanol–water partition coefficient (Wildman–Crippen LogP) is 25.1. The first kappa shape index (κ1) is 79.1. The van der Waals surface area contributed by atoms with E-state index in [1.807, 2.05) is 0 Å². The van der Waals surface area contributed by atoms with Gasteiger partial charge < -0.3 is 14.2 Å². The molecule has 0 aromatic carbocycles. The van der Waals surface area contributed by atoms with Crippen LogP contribution in [0.3, 0.4) is 0 Å². The molecule has 0 amide bonds. The molecule has 1 atom stereocenters. The van der Waals surface area contributed by atoms with Crippen LogP contribution >= 0.6 is 0 Å². The molecule has 0 radical (unpaired) electrons. The molecule has 6 heteroatoms. The second-order valence-electron chi connectivity index (χ2n) is 24.5. The summed E-state index contributed by atoms with van der Waals surface area (Å²) in [7, 11) is 0. The molecule has 0 aromatic heterocycles. The third-order valence-corrected chi connectivity index (χ3v) is 16.2. The van der Waals surface area contributed by atoms with Crippen molar-refractivity contribution >= 4 is 17.9 Å². The van der Waals surface area contributed by atoms with Gasteiger partial charge in [-0.25, -0.2) is 0 Å². The van der Waals surface area contributed by atoms with Crippen LogP contribution in [0.15, 0.2) is 60.8 Å². The van der Waals surface area contributed by atoms with Gasteiger partial charge in [-0.3, -0.25) is 14.4 Å². The van der Waals surface area contributed by atoms with E-state index in [4.69, 9.17) is 14.2 Å². The zero-order valence-electron chi connectivity index (χ0n) is 55.0. The normalized spacial score (nSPS) is 12.4. The molecule has 0 aliphatic rings. The zero-order valence-corrected chi connectivity index (χ0v) is 55.0. The molecule has 0 bridgehead atoms. The molecule has 0 saturated heterocycles. The summed E-state index contributed by atoms with van der Waals surface area (Å²) in [5.41, 5.74) is 0. The third kappa shape index (κ3) is 67.9. The van der Waals surface area contributed by atoms with Gasteiger partial charge in [0.1, 0.15) is 13.2 Å². The van der Waals surface area contributed by atoms with Crippen LogP contribution in [-0.4, -0.2) is 37.2 Å². The van der Waals surface area contributed by atoms with E-state index in [-0.39, 0.29) is 31.1 Å². The highest BCUT2D eigenvalue weighted by Gasteiger charge is 2.19. The Bertz CT molecular complexity index is 1460. The van der Waals surface area contributed by atoms with E-state index in [0.29, 0.717) is 19.3 Å². The van der Waals surface area contributed by atoms with Crippen LogP contribution in [0.25, 0.3) is 0 Å². The van der Waals surface area contributed by atoms with Crippen LogP contribution < -0.4 is 0 Å². The van der Waals surface area contributed by atoms with Crippen LogP contribution in [-0.2, 0) is 28.6 Å². The van der Waals surface area contributed by atoms with E-state index in [9.17, 15) is 14.4 Å². The topological polar surface area (TPSA) is 78.9 Å². The minimum atomic E-state index is -0.777. The van der Waals surface area contributed by atoms with Crippen molar-refractivity contribution in [3.63, 3.8) is 0 Å². The maximum atomic E-state index is 13.0. The largest absolute Gasteiger partial charge is 0.462 e. The summed E-state index contributed by atoms with van der Waals surface area (Å²) in [6.07, 6.45) is 91.0. The van der Waals surface area contributed by atoms with Crippen molar-refractivity contribution in [1.82, 2.24) is 0 Å². The van der Waals surface area contributed by atoms with Gasteiger partial charge in [0.15, 0.2) is 6.10 Å². The summed E-state index contributed by atoms with van der Waals surface area (Å²) < 4.78 is 17.0. The van der Waals surface area contributed by atoms with Crippen molar-refractivity contribution in [1.29, 1.82) is 0 Å². The Labute approximate surface area is 510 Å². The highest BCUT2D eigenvalue weighted by Crippen LogP contribution is 2.18. The lowest BCUT2D eigenvalue weighted by Gasteiger charge is -2.18. The molecule has 0 N–H and O–H groups in total. The van der Waals surface area contributed by atoms with E-state index in [1.165, 1.54) is 270 Å². The summed E-state index contributed by atoms with van der Waals surface area (Å²) in [4.78, 5) is 38.5. The fraction of sp³-hybridized carbons (Fsp3) is 0.829. The van der Waals surface area contributed by atoms with Crippen molar-refractivity contribution in [2.24, 2.45) is 0 Å². The summed E-state index contributed by atoms with van der Waals surface area (Å²) in [6, 6.07) is 0. The summed E-state index contributed by atoms with van der Waals surface area (Å²) >= 11 is 0. The van der Waals surface area contributed by atoms with E-state index in [0.717, 1.165) is 77.0 Å². The lowest BCUT2D eigenvalue weighted by atomic mass is 10.0. The number of hydrogen-bond donors (Lipinski definition) is 0. The van der Waals surface area contributed by atoms with Crippen molar-refractivity contribution < 1.29 is 28.6 Å². The standard InChI is InChI=1S/C76H138O6/c1-4-7-10-13-16-19-22-25-28-31-34-35-36-37-38-39-40-41-43-45-48-51-54-57-60-63-66-69-75(78)81-72-73(71-80-74(77)68-65-62-59-56-53-50-47-44-33-30-27-24-21-18-15-12-9-6-3)82-76(79)70-67-64-61-58-55-52-49-46-42-32-29-26-23-20-17-14-11-8-5-2/h17,20,22,25-26,29,31,34,36-37,73H,4-16,18-19,21,23-24,27-28,30,32-33,35,38-72H2,1-3H3/b20-17-,25-22-,29-26-,34-31-,37-36-. The van der Waals surface area contributed by atoms with Gasteiger partial charge in [-0.15, -0.1) is 0 Å². The van der Waals surface area contributed by atoms with Gasteiger partial charge in [0, 0.05) is 19.3 Å². The van der Waals surface area contributed by atoms with E-state index in [2.05, 4.69) is 81.5 Å². The minimum absolute atomic E-state index is 0.0718. The van der Waals surface area contributed by atoms with Crippen LogP contribution in [0.2, 0.25) is 0 Å². The second-order valence-corrected chi connectivity index (χ2v) is 24.5. The zero-order chi connectivity index (χ0) is 59.2. The summed E-state index contributed by atoms with van der Waals surface area (Å²) in [5.74, 6) is -0.851. The van der Waals surface area contributed by atoms with Gasteiger partial charge in [-0.1, -0.05) is 338 Å². The summed E-state index contributed by atoms with van der Waals surface area (Å²) in [6.45, 7) is 6.67. The smallest absolute Gasteiger partial charge is 0.306 e. The number of ether oxygens (including phenoxy) is 3. The Morgan fingerprint density at radius 3 is 0.707 bits per heavy atom. The van der Waals surface area contributed by atoms with Crippen LogP contribution in [0, 0.1) is 0 Å². The molecule has 82 heavy (non-hydrogen) atoms. The quantitative estimate of drug-likeness (QED) is 0.0261. The van der Waals surface area contributed by atoms with Gasteiger partial charge in [0.2, 0.25) is 0 Å². The summed E-state index contributed by atoms with van der Waals surface area (Å²) in [5, 5.41) is 0. The molecule has 478 valence electrons. The fourth-order valence-corrected chi connectivity index (χ4v) is 10.8. The van der Waals surface area contributed by atoms with E-state index >= 15 is 0 Å². The lowest BCUT2D eigenvalue weighted by Crippen LogP contribution is -2.30. The monoisotopic (exact) mass is 1150 g/mol. The van der Waals surface area contributed by atoms with Gasteiger partial charge in [-0.2, -0.15) is 0 Å². The second kappa shape index (κ2) is 70.6. The Kier molecular flexibility index (Phi) is 68.1. The molecule has 0 aliphatic carbocycles. The Hall–Kier alpha value is -2.89. The number of esters is 3. The number of unbranched alkanes of at least 4 members (excludes halogenated alkanes) is 46. The first-order valence-corrected chi connectivity index (χ1v) is 36.3. The van der Waals surface area contributed by atoms with E-state index in [1.54, 1.807) is 0 Å². The first-order valence-electron chi connectivity index (χ1n) is 36.3. The van der Waals surface area contributed by atoms with Crippen LogP contribution in [0.4, 0.5) is 0 Å². The Morgan fingerprint density at radius 2 is 0.439 bits per heavy atom. The highest BCUT2D eigenvalue weighted by atomic mass is 16.6. The average molecular weight is 1150 g/mol. The molecule has 1 unspecified atom stereocenters. The minimum Gasteiger partial charge on any atom is -0.462 e. The number of rotatable bonds is 67. The van der Waals surface area contributed by atoms with Crippen LogP contribution in [0.5, 0.6) is 0 Å². The molecule has 0 spiro atoms. The molecule has 0 rings (SSSR count). The first-order chi connectivity index (χ1) is 40.5. The highest BCUT2D eigenvalue weighted by molar-refractivity contribution is 5.71. The van der Waals surface area contributed by atoms with Gasteiger partial charge in [-0.05, 0) is 89.9 Å². The lowest BCUT2D eigenvalue weighted by molar-refractivity contribution is -0.167. The van der Waals surface area contributed by atoms with Crippen LogP contribution in [0.1, 0.15) is 387 Å². The van der Waals surface area contributed by atoms with Crippen molar-refractivity contribution in [3.8, 4) is 0 Å². The molecular formula is C76H138O6. The molecule has 0 aromatic rings. The van der Waals surface area contributed by atoms with Crippen molar-refractivity contribution in [2.75, 3.05) is 13.2 Å². The predicted molar refractivity (Wildman–Crippen MR) is 358 cm³/mol. The average Bonchev–Trinajstić information content (AvgIpc) is 3.47. The molecule has 6 nitrogen and oxygen atoms in total. The number of carbonyl (C=O) groups is 3. The molecule has 0 saturated carbocycles. The number of carbonyl (C=O) groups excluding carboxylic acids is 3. The van der Waals surface area contributed by atoms with Gasteiger partial charge >= 0.3 is 17.9 Å². The third-order valence-electron chi connectivity index (χ3n) is 16.2. The van der Waals surface area contributed by atoms with E-state index < -0.39 is 6.10 Å². The molecule has 0 aliphatic heterocycles. The Morgan fingerprint density at radius 1 is 0.244 bits per heavy atom. The Balaban J connectivity index is 4.30. The SMILES string of the molecule is CCCCC/C=C\C/C=C\CCCCCCCCCCCC(=O)OC(COC(=O)CCCCCCCCCCCCCC/C=C\C/C=C\C/C=C\CCCCCCC)COC(=O)CCCCCCCCCCCCCCCCCCCC. The maximum absolute atomic E-state index is 13.0. The number of hydrogen-bond acceptors (Lipinski definition) is 6. The van der Waals surface area contributed by atoms with Crippen molar-refractivity contribution in [3.05, 3.63) is 60.8 Å². The fourth-order valence-electron chi connectivity index (χ4n) is 10.8. The maximum Gasteiger partial charge on any atom is 0.306 e. The molecule has 0 fully saturated rings. The van der Waals surface area contributed by atoms with Gasteiger partial charge in [0.25, 0.3) is 0 Å². The van der Waals surface area contributed by atoms with Crippen molar-refractivity contribution in [2.45, 2.75) is 393 Å².